The zero-order valence-electron chi connectivity index (χ0n) is 25.5. The molecule has 226 valence electrons. The standard InChI is InChI=1S/C39H35ClN2O3/c1-3-21-41(4-2)29-19-20-32-36(22-29)44-37-24-34(40)35(23-33(37)39(32)31-18-12-11-17-30(31)38(43)45-39)42(25-27-13-7-5-8-14-27)26-28-15-9-6-10-16-28/h5-20,22-24H,3-4,21,25-26H2,1-2H3. The molecule has 0 amide bonds. The first kappa shape index (κ1) is 29.0. The molecule has 0 bridgehead atoms. The molecule has 5 aromatic rings. The van der Waals surface area contributed by atoms with Gasteiger partial charge in [0.1, 0.15) is 11.5 Å². The van der Waals surface area contributed by atoms with Gasteiger partial charge >= 0.3 is 5.97 Å². The van der Waals surface area contributed by atoms with Crippen LogP contribution in [0.3, 0.4) is 0 Å². The monoisotopic (exact) mass is 614 g/mol. The summed E-state index contributed by atoms with van der Waals surface area (Å²) >= 11 is 7.15. The van der Waals surface area contributed by atoms with E-state index in [4.69, 9.17) is 21.1 Å². The van der Waals surface area contributed by atoms with Crippen molar-refractivity contribution in [2.45, 2.75) is 39.0 Å². The highest BCUT2D eigenvalue weighted by molar-refractivity contribution is 6.33. The number of ether oxygens (including phenoxy) is 2. The molecule has 0 radical (unpaired) electrons. The van der Waals surface area contributed by atoms with Gasteiger partial charge in [0.2, 0.25) is 0 Å². The summed E-state index contributed by atoms with van der Waals surface area (Å²) in [5.74, 6) is 0.890. The second-order valence-electron chi connectivity index (χ2n) is 11.6. The molecule has 2 heterocycles. The normalized spacial score (nSPS) is 15.9. The molecule has 5 aromatic carbocycles. The van der Waals surface area contributed by atoms with E-state index >= 15 is 0 Å². The zero-order valence-corrected chi connectivity index (χ0v) is 26.3. The average Bonchev–Trinajstić information content (AvgIpc) is 3.36. The van der Waals surface area contributed by atoms with E-state index in [0.717, 1.165) is 58.7 Å². The number of halogens is 1. The Kier molecular flexibility index (Phi) is 7.72. The van der Waals surface area contributed by atoms with Gasteiger partial charge in [0.05, 0.1) is 16.3 Å². The number of benzene rings is 5. The third kappa shape index (κ3) is 5.11. The molecule has 0 N–H and O–H groups in total. The van der Waals surface area contributed by atoms with E-state index in [2.05, 4.69) is 72.2 Å². The van der Waals surface area contributed by atoms with Crippen LogP contribution in [0.15, 0.2) is 115 Å². The van der Waals surface area contributed by atoms with Crippen molar-refractivity contribution in [1.29, 1.82) is 0 Å². The smallest absolute Gasteiger partial charge is 0.340 e. The molecule has 1 atom stereocenters. The molecular formula is C39H35ClN2O3. The van der Waals surface area contributed by atoms with Gasteiger partial charge in [-0.3, -0.25) is 0 Å². The number of nitrogens with zero attached hydrogens (tertiary/aromatic N) is 2. The minimum atomic E-state index is -1.18. The lowest BCUT2D eigenvalue weighted by Crippen LogP contribution is -2.34. The van der Waals surface area contributed by atoms with Gasteiger partial charge in [-0.25, -0.2) is 4.79 Å². The summed E-state index contributed by atoms with van der Waals surface area (Å²) in [7, 11) is 0. The van der Waals surface area contributed by atoms with Crippen LogP contribution >= 0.6 is 11.6 Å². The molecule has 2 aliphatic rings. The number of fused-ring (bicyclic) bond motifs is 6. The van der Waals surface area contributed by atoms with E-state index in [0.29, 0.717) is 35.2 Å². The Balaban J connectivity index is 1.42. The van der Waals surface area contributed by atoms with Crippen LogP contribution in [0.2, 0.25) is 5.02 Å². The first-order valence-corrected chi connectivity index (χ1v) is 16.0. The molecule has 1 unspecified atom stereocenters. The number of rotatable bonds is 9. The van der Waals surface area contributed by atoms with Crippen LogP contribution in [0.25, 0.3) is 0 Å². The van der Waals surface area contributed by atoms with Gasteiger partial charge in [-0.15, -0.1) is 0 Å². The summed E-state index contributed by atoms with van der Waals surface area (Å²) in [6.07, 6.45) is 1.03. The Hall–Kier alpha value is -4.74. The lowest BCUT2D eigenvalue weighted by Gasteiger charge is -2.38. The third-order valence-corrected chi connectivity index (χ3v) is 9.08. The topological polar surface area (TPSA) is 42.0 Å². The number of hydrogen-bond donors (Lipinski definition) is 0. The Labute approximate surface area is 269 Å². The van der Waals surface area contributed by atoms with E-state index in [1.165, 1.54) is 0 Å². The maximum atomic E-state index is 13.5. The molecule has 0 aliphatic carbocycles. The fourth-order valence-corrected chi connectivity index (χ4v) is 6.96. The number of hydrogen-bond acceptors (Lipinski definition) is 5. The first-order chi connectivity index (χ1) is 22.0. The lowest BCUT2D eigenvalue weighted by molar-refractivity contribution is 0.0224. The Morgan fingerprint density at radius 3 is 2.00 bits per heavy atom. The van der Waals surface area contributed by atoms with Crippen LogP contribution < -0.4 is 14.5 Å². The molecule has 45 heavy (non-hydrogen) atoms. The highest BCUT2D eigenvalue weighted by atomic mass is 35.5. The third-order valence-electron chi connectivity index (χ3n) is 8.78. The zero-order chi connectivity index (χ0) is 31.0. The highest BCUT2D eigenvalue weighted by Crippen LogP contribution is 2.58. The van der Waals surface area contributed by atoms with E-state index in [-0.39, 0.29) is 5.97 Å². The molecule has 0 fully saturated rings. The minimum absolute atomic E-state index is 0.350. The van der Waals surface area contributed by atoms with Crippen molar-refractivity contribution < 1.29 is 14.3 Å². The maximum Gasteiger partial charge on any atom is 0.340 e. The molecular weight excluding hydrogens is 580 g/mol. The van der Waals surface area contributed by atoms with Gasteiger partial charge in [-0.05, 0) is 48.7 Å². The van der Waals surface area contributed by atoms with Crippen molar-refractivity contribution in [2.75, 3.05) is 22.9 Å². The number of anilines is 2. The van der Waals surface area contributed by atoms with E-state index in [1.807, 2.05) is 66.7 Å². The largest absolute Gasteiger partial charge is 0.456 e. The van der Waals surface area contributed by atoms with Gasteiger partial charge in [0.15, 0.2) is 5.60 Å². The van der Waals surface area contributed by atoms with Crippen molar-refractivity contribution in [3.05, 3.63) is 154 Å². The van der Waals surface area contributed by atoms with Crippen molar-refractivity contribution in [3.8, 4) is 11.5 Å². The van der Waals surface area contributed by atoms with Crippen LogP contribution in [-0.2, 0) is 23.4 Å². The SMILES string of the molecule is CCCN(CC)c1ccc2c(c1)Oc1cc(Cl)c(N(Cc3ccccc3)Cc3ccccc3)cc1C21OC(=O)c2ccccc21. The molecule has 5 nitrogen and oxygen atoms in total. The van der Waals surface area contributed by atoms with E-state index in [9.17, 15) is 4.79 Å². The summed E-state index contributed by atoms with van der Waals surface area (Å²) in [5.41, 5.74) is 5.97. The Morgan fingerprint density at radius 1 is 0.689 bits per heavy atom. The van der Waals surface area contributed by atoms with Crippen molar-refractivity contribution in [3.63, 3.8) is 0 Å². The van der Waals surface area contributed by atoms with Crippen LogP contribution in [0.1, 0.15) is 58.4 Å². The van der Waals surface area contributed by atoms with Crippen molar-refractivity contribution in [2.24, 2.45) is 0 Å². The van der Waals surface area contributed by atoms with Crippen molar-refractivity contribution >= 4 is 28.9 Å². The molecule has 7 rings (SSSR count). The molecule has 1 spiro atoms. The van der Waals surface area contributed by atoms with Gasteiger partial charge < -0.3 is 19.3 Å². The van der Waals surface area contributed by atoms with Gasteiger partial charge in [-0.2, -0.15) is 0 Å². The van der Waals surface area contributed by atoms with Gasteiger partial charge in [-0.1, -0.05) is 97.4 Å². The molecule has 2 aliphatic heterocycles. The quantitative estimate of drug-likeness (QED) is 0.155. The fraction of sp³-hybridized carbons (Fsp3) is 0.205. The maximum absolute atomic E-state index is 13.5. The molecule has 0 saturated carbocycles. The van der Waals surface area contributed by atoms with Crippen LogP contribution in [0.5, 0.6) is 11.5 Å². The van der Waals surface area contributed by atoms with Gasteiger partial charge in [0, 0.05) is 60.7 Å². The second-order valence-corrected chi connectivity index (χ2v) is 12.0. The number of esters is 1. The van der Waals surface area contributed by atoms with Crippen molar-refractivity contribution in [1.82, 2.24) is 0 Å². The second kappa shape index (κ2) is 12.0. The predicted octanol–water partition coefficient (Wildman–Crippen LogP) is 9.35. The Morgan fingerprint density at radius 2 is 1.33 bits per heavy atom. The number of carbonyl (C=O) groups excluding carboxylic acids is 1. The Bertz CT molecular complexity index is 1820. The first-order valence-electron chi connectivity index (χ1n) is 15.6. The molecule has 6 heteroatoms. The summed E-state index contributed by atoms with van der Waals surface area (Å²) in [6.45, 7) is 7.42. The lowest BCUT2D eigenvalue weighted by atomic mass is 9.77. The summed E-state index contributed by atoms with van der Waals surface area (Å²) < 4.78 is 13.2. The fourth-order valence-electron chi connectivity index (χ4n) is 6.68. The number of carbonyl (C=O) groups is 1. The predicted molar refractivity (Wildman–Crippen MR) is 181 cm³/mol. The minimum Gasteiger partial charge on any atom is -0.456 e. The summed E-state index contributed by atoms with van der Waals surface area (Å²) in [5, 5.41) is 0.564. The average molecular weight is 615 g/mol. The highest BCUT2D eigenvalue weighted by Gasteiger charge is 2.54. The van der Waals surface area contributed by atoms with E-state index < -0.39 is 5.60 Å². The van der Waals surface area contributed by atoms with E-state index in [1.54, 1.807) is 0 Å². The molecule has 0 aromatic heterocycles. The van der Waals surface area contributed by atoms with Crippen LogP contribution in [0, 0.1) is 0 Å². The molecule has 0 saturated heterocycles. The summed E-state index contributed by atoms with van der Waals surface area (Å²) in [4.78, 5) is 18.1. The van der Waals surface area contributed by atoms with Crippen LogP contribution in [0.4, 0.5) is 11.4 Å². The van der Waals surface area contributed by atoms with Crippen LogP contribution in [-0.4, -0.2) is 19.1 Å². The van der Waals surface area contributed by atoms with Gasteiger partial charge in [0.25, 0.3) is 0 Å². The summed E-state index contributed by atoms with van der Waals surface area (Å²) in [6, 6.07) is 38.6.